The van der Waals surface area contributed by atoms with Crippen LogP contribution in [0.5, 0.6) is 0 Å². The molecule has 0 aromatic rings. The van der Waals surface area contributed by atoms with Crippen LogP contribution in [0.15, 0.2) is 72.9 Å². The van der Waals surface area contributed by atoms with Crippen LogP contribution in [0.3, 0.4) is 0 Å². The molecule has 60 heavy (non-hydrogen) atoms. The minimum Gasteiger partial charge on any atom is -0.462 e. The number of carbonyl (C=O) groups excluding carboxylic acids is 3. The van der Waals surface area contributed by atoms with Gasteiger partial charge in [0, 0.05) is 19.3 Å². The second-order valence-corrected chi connectivity index (χ2v) is 16.4. The Kier molecular flexibility index (Phi) is 46.0. The number of esters is 3. The van der Waals surface area contributed by atoms with E-state index in [-0.39, 0.29) is 31.1 Å². The van der Waals surface area contributed by atoms with E-state index in [4.69, 9.17) is 14.2 Å². The second-order valence-electron chi connectivity index (χ2n) is 16.4. The zero-order valence-corrected chi connectivity index (χ0v) is 39.2. The molecule has 0 heterocycles. The molecule has 0 radical (unpaired) electrons. The van der Waals surface area contributed by atoms with Gasteiger partial charge in [0.1, 0.15) is 13.2 Å². The zero-order chi connectivity index (χ0) is 43.7. The van der Waals surface area contributed by atoms with Crippen LogP contribution in [0.2, 0.25) is 0 Å². The summed E-state index contributed by atoms with van der Waals surface area (Å²) >= 11 is 0. The molecule has 0 N–H and O–H groups in total. The molecule has 0 aliphatic heterocycles. The summed E-state index contributed by atoms with van der Waals surface area (Å²) in [6.45, 7) is 6.42. The predicted octanol–water partition coefficient (Wildman–Crippen LogP) is 16.3. The topological polar surface area (TPSA) is 78.9 Å². The van der Waals surface area contributed by atoms with Crippen molar-refractivity contribution in [2.24, 2.45) is 0 Å². The quantitative estimate of drug-likeness (QED) is 0.0200. The summed E-state index contributed by atoms with van der Waals surface area (Å²) in [5, 5.41) is 0. The number of ether oxygens (including phenoxy) is 3. The average Bonchev–Trinajstić information content (AvgIpc) is 3.24. The van der Waals surface area contributed by atoms with Crippen LogP contribution in [0.4, 0.5) is 0 Å². The Balaban J connectivity index is 4.45. The first-order valence-electron chi connectivity index (χ1n) is 25.0. The molecule has 344 valence electrons. The minimum atomic E-state index is -0.796. The van der Waals surface area contributed by atoms with Gasteiger partial charge in [0.25, 0.3) is 0 Å². The van der Waals surface area contributed by atoms with E-state index in [1.165, 1.54) is 109 Å². The van der Waals surface area contributed by atoms with E-state index in [1.807, 2.05) is 0 Å². The average molecular weight is 837 g/mol. The van der Waals surface area contributed by atoms with Gasteiger partial charge in [-0.2, -0.15) is 0 Å². The lowest BCUT2D eigenvalue weighted by molar-refractivity contribution is -0.167. The third-order valence-electron chi connectivity index (χ3n) is 10.4. The van der Waals surface area contributed by atoms with Crippen LogP contribution in [-0.4, -0.2) is 37.2 Å². The number of hydrogen-bond donors (Lipinski definition) is 0. The van der Waals surface area contributed by atoms with Crippen molar-refractivity contribution in [3.8, 4) is 0 Å². The summed E-state index contributed by atoms with van der Waals surface area (Å²) in [4.78, 5) is 37.9. The van der Waals surface area contributed by atoms with E-state index in [2.05, 4.69) is 93.7 Å². The van der Waals surface area contributed by atoms with Crippen LogP contribution in [-0.2, 0) is 28.6 Å². The second kappa shape index (κ2) is 48.5. The normalized spacial score (nSPS) is 12.7. The third-order valence-corrected chi connectivity index (χ3v) is 10.4. The Bertz CT molecular complexity index is 1140. The molecular weight excluding hydrogens is 745 g/mol. The van der Waals surface area contributed by atoms with Crippen LogP contribution in [0.25, 0.3) is 0 Å². The van der Waals surface area contributed by atoms with Crippen LogP contribution in [0, 0.1) is 0 Å². The van der Waals surface area contributed by atoms with Gasteiger partial charge in [-0.05, 0) is 103 Å². The van der Waals surface area contributed by atoms with Crippen molar-refractivity contribution in [2.45, 2.75) is 239 Å². The van der Waals surface area contributed by atoms with Gasteiger partial charge in [-0.15, -0.1) is 0 Å². The molecule has 0 aromatic heterocycles. The molecule has 0 aliphatic carbocycles. The molecular formula is C54H92O6. The van der Waals surface area contributed by atoms with E-state index in [9.17, 15) is 14.4 Å². The Labute approximate surface area is 370 Å². The molecule has 0 saturated carbocycles. The van der Waals surface area contributed by atoms with Gasteiger partial charge in [-0.3, -0.25) is 14.4 Å². The van der Waals surface area contributed by atoms with Crippen molar-refractivity contribution in [2.75, 3.05) is 13.2 Å². The largest absolute Gasteiger partial charge is 0.462 e. The van der Waals surface area contributed by atoms with E-state index in [0.29, 0.717) is 19.3 Å². The number of allylic oxidation sites excluding steroid dienone is 12. The molecule has 0 bridgehead atoms. The fraction of sp³-hybridized carbons (Fsp3) is 0.722. The Morgan fingerprint density at radius 1 is 0.367 bits per heavy atom. The molecule has 1 unspecified atom stereocenters. The van der Waals surface area contributed by atoms with Gasteiger partial charge >= 0.3 is 17.9 Å². The summed E-state index contributed by atoms with van der Waals surface area (Å²) in [5.41, 5.74) is 0. The molecule has 0 aromatic carbocycles. The maximum atomic E-state index is 12.8. The molecule has 0 amide bonds. The van der Waals surface area contributed by atoms with Gasteiger partial charge < -0.3 is 14.2 Å². The van der Waals surface area contributed by atoms with E-state index < -0.39 is 6.10 Å². The lowest BCUT2D eigenvalue weighted by Crippen LogP contribution is -2.30. The zero-order valence-electron chi connectivity index (χ0n) is 39.2. The first-order chi connectivity index (χ1) is 29.5. The lowest BCUT2D eigenvalue weighted by atomic mass is 10.1. The highest BCUT2D eigenvalue weighted by Crippen LogP contribution is 2.14. The van der Waals surface area contributed by atoms with Crippen molar-refractivity contribution in [1.29, 1.82) is 0 Å². The summed E-state index contributed by atoms with van der Waals surface area (Å²) in [6.07, 6.45) is 60.3. The standard InChI is InChI=1S/C54H92O6/c1-4-7-10-13-16-19-22-25-27-29-32-35-38-41-44-47-53(56)59-50-51(49-58-52(55)46-43-40-37-34-31-24-21-18-15-12-9-6-3)60-54(57)48-45-42-39-36-33-30-28-26-23-20-17-14-11-8-5-2/h9,12,16,18-23,25,31,34,51H,4-8,10-11,13-15,17,24,26-30,32-33,35-50H2,1-3H3/b12-9-,19-16-,21-18-,23-20-,25-22-,34-31-. The van der Waals surface area contributed by atoms with Crippen LogP contribution < -0.4 is 0 Å². The number of unbranched alkanes of at least 4 members (excludes halogenated alkanes) is 22. The number of rotatable bonds is 44. The fourth-order valence-corrected chi connectivity index (χ4v) is 6.68. The summed E-state index contributed by atoms with van der Waals surface area (Å²) in [6, 6.07) is 0. The van der Waals surface area contributed by atoms with E-state index in [0.717, 1.165) is 83.5 Å². The maximum Gasteiger partial charge on any atom is 0.306 e. The van der Waals surface area contributed by atoms with Gasteiger partial charge in [0.05, 0.1) is 0 Å². The summed E-state index contributed by atoms with van der Waals surface area (Å²) < 4.78 is 16.7. The van der Waals surface area contributed by atoms with Crippen molar-refractivity contribution < 1.29 is 28.6 Å². The summed E-state index contributed by atoms with van der Waals surface area (Å²) in [7, 11) is 0. The smallest absolute Gasteiger partial charge is 0.306 e. The molecule has 0 spiro atoms. The highest BCUT2D eigenvalue weighted by molar-refractivity contribution is 5.71. The minimum absolute atomic E-state index is 0.0958. The number of hydrogen-bond acceptors (Lipinski definition) is 6. The Morgan fingerprint density at radius 3 is 1.20 bits per heavy atom. The Morgan fingerprint density at radius 2 is 0.700 bits per heavy atom. The molecule has 0 rings (SSSR count). The monoisotopic (exact) mass is 837 g/mol. The van der Waals surface area contributed by atoms with E-state index in [1.54, 1.807) is 0 Å². The molecule has 0 saturated heterocycles. The fourth-order valence-electron chi connectivity index (χ4n) is 6.68. The predicted molar refractivity (Wildman–Crippen MR) is 256 cm³/mol. The summed E-state index contributed by atoms with van der Waals surface area (Å²) in [5.74, 6) is -0.953. The highest BCUT2D eigenvalue weighted by atomic mass is 16.6. The van der Waals surface area contributed by atoms with E-state index >= 15 is 0 Å². The molecule has 0 aliphatic rings. The van der Waals surface area contributed by atoms with Crippen molar-refractivity contribution in [1.82, 2.24) is 0 Å². The first kappa shape index (κ1) is 56.9. The van der Waals surface area contributed by atoms with Gasteiger partial charge in [0.2, 0.25) is 0 Å². The maximum absolute atomic E-state index is 12.8. The van der Waals surface area contributed by atoms with Crippen molar-refractivity contribution in [3.05, 3.63) is 72.9 Å². The van der Waals surface area contributed by atoms with Crippen molar-refractivity contribution in [3.63, 3.8) is 0 Å². The van der Waals surface area contributed by atoms with Crippen molar-refractivity contribution >= 4 is 17.9 Å². The molecule has 6 heteroatoms. The third kappa shape index (κ3) is 45.9. The first-order valence-corrected chi connectivity index (χ1v) is 25.0. The number of carbonyl (C=O) groups is 3. The SMILES string of the molecule is CC/C=C\C/C=C\C/C=C\CCCCC(=O)OCC(COC(=O)CCCCCCCC/C=C\C=C/CCCCC)OC(=O)CCCCCCCCC/C=C\CCCCCC. The molecule has 0 fully saturated rings. The van der Waals surface area contributed by atoms with Gasteiger partial charge in [-0.25, -0.2) is 0 Å². The van der Waals surface area contributed by atoms with Gasteiger partial charge in [0.15, 0.2) is 6.10 Å². The molecule has 1 atom stereocenters. The Hall–Kier alpha value is -3.15. The van der Waals surface area contributed by atoms with Crippen LogP contribution in [0.1, 0.15) is 233 Å². The van der Waals surface area contributed by atoms with Gasteiger partial charge in [-0.1, -0.05) is 184 Å². The molecule has 6 nitrogen and oxygen atoms in total. The lowest BCUT2D eigenvalue weighted by Gasteiger charge is -2.18. The van der Waals surface area contributed by atoms with Crippen LogP contribution >= 0.6 is 0 Å². The highest BCUT2D eigenvalue weighted by Gasteiger charge is 2.19.